The van der Waals surface area contributed by atoms with Gasteiger partial charge in [0.15, 0.2) is 0 Å². The van der Waals surface area contributed by atoms with Crippen LogP contribution in [0.25, 0.3) is 0 Å². The first-order valence-electron chi connectivity index (χ1n) is 6.63. The highest BCUT2D eigenvalue weighted by Crippen LogP contribution is 2.19. The molecule has 0 aliphatic heterocycles. The van der Waals surface area contributed by atoms with E-state index in [1.165, 1.54) is 5.56 Å². The van der Waals surface area contributed by atoms with Crippen LogP contribution in [0.4, 0.5) is 11.4 Å². The maximum atomic E-state index is 5.95. The van der Waals surface area contributed by atoms with Crippen molar-refractivity contribution < 1.29 is 0 Å². The van der Waals surface area contributed by atoms with Crippen LogP contribution in [0.15, 0.2) is 30.4 Å². The lowest BCUT2D eigenvalue weighted by molar-refractivity contribution is 0.700. The fraction of sp³-hybridized carbons (Fsp3) is 0.467. The monoisotopic (exact) mass is 247 g/mol. The first kappa shape index (κ1) is 14.6. The summed E-state index contributed by atoms with van der Waals surface area (Å²) in [4.78, 5) is 0. The lowest BCUT2D eigenvalue weighted by atomic mass is 9.99. The van der Waals surface area contributed by atoms with Crippen LogP contribution in [0.5, 0.6) is 0 Å². The van der Waals surface area contributed by atoms with E-state index < -0.39 is 0 Å². The molecule has 1 atom stereocenters. The number of hydrogen-bond donors (Lipinski definition) is 3. The smallest absolute Gasteiger partial charge is 0.0363 e. The standard InChI is InChI=1S/C15H25N3/c1-4-15(17)11(3)6-7-12-8-13(16)10-14(9-12)18-5-2/h8-10,15,18H,3-7,16-17H2,1-2H3. The molecule has 0 aliphatic rings. The second-order valence-electron chi connectivity index (χ2n) is 4.67. The van der Waals surface area contributed by atoms with Gasteiger partial charge in [-0.15, -0.1) is 0 Å². The van der Waals surface area contributed by atoms with Crippen LogP contribution in [-0.2, 0) is 6.42 Å². The van der Waals surface area contributed by atoms with Gasteiger partial charge in [0.05, 0.1) is 0 Å². The Kier molecular flexibility index (Phi) is 5.72. The van der Waals surface area contributed by atoms with Crippen LogP contribution in [0, 0.1) is 0 Å². The average molecular weight is 247 g/mol. The molecule has 0 radical (unpaired) electrons. The lowest BCUT2D eigenvalue weighted by Crippen LogP contribution is -2.21. The lowest BCUT2D eigenvalue weighted by Gasteiger charge is -2.13. The number of hydrogen-bond acceptors (Lipinski definition) is 3. The number of nitrogens with one attached hydrogen (secondary N) is 1. The largest absolute Gasteiger partial charge is 0.399 e. The summed E-state index contributed by atoms with van der Waals surface area (Å²) in [5.41, 5.74) is 16.1. The fourth-order valence-electron chi connectivity index (χ4n) is 1.95. The molecule has 0 saturated heterocycles. The van der Waals surface area contributed by atoms with E-state index in [4.69, 9.17) is 11.5 Å². The molecular weight excluding hydrogens is 222 g/mol. The molecule has 1 unspecified atom stereocenters. The Bertz CT molecular complexity index is 399. The molecule has 0 aliphatic carbocycles. The molecule has 0 bridgehead atoms. The van der Waals surface area contributed by atoms with Gasteiger partial charge in [-0.1, -0.05) is 19.1 Å². The summed E-state index contributed by atoms with van der Waals surface area (Å²) >= 11 is 0. The topological polar surface area (TPSA) is 64.1 Å². The van der Waals surface area contributed by atoms with Crippen molar-refractivity contribution in [1.29, 1.82) is 0 Å². The van der Waals surface area contributed by atoms with Crippen LogP contribution in [0.3, 0.4) is 0 Å². The number of rotatable bonds is 7. The Morgan fingerprint density at radius 1 is 1.33 bits per heavy atom. The molecule has 0 amide bonds. The number of aryl methyl sites for hydroxylation is 1. The Balaban J connectivity index is 2.64. The van der Waals surface area contributed by atoms with Crippen molar-refractivity contribution in [3.8, 4) is 0 Å². The van der Waals surface area contributed by atoms with Crippen LogP contribution in [-0.4, -0.2) is 12.6 Å². The van der Waals surface area contributed by atoms with Gasteiger partial charge >= 0.3 is 0 Å². The van der Waals surface area contributed by atoms with E-state index in [1.807, 2.05) is 12.1 Å². The zero-order chi connectivity index (χ0) is 13.5. The molecule has 18 heavy (non-hydrogen) atoms. The van der Waals surface area contributed by atoms with Crippen LogP contribution < -0.4 is 16.8 Å². The predicted molar refractivity (Wildman–Crippen MR) is 80.7 cm³/mol. The third kappa shape index (κ3) is 4.41. The van der Waals surface area contributed by atoms with Crippen LogP contribution >= 0.6 is 0 Å². The summed E-state index contributed by atoms with van der Waals surface area (Å²) in [6, 6.07) is 6.23. The first-order valence-corrected chi connectivity index (χ1v) is 6.63. The third-order valence-electron chi connectivity index (χ3n) is 3.10. The Morgan fingerprint density at radius 3 is 2.67 bits per heavy atom. The Morgan fingerprint density at radius 2 is 2.06 bits per heavy atom. The van der Waals surface area contributed by atoms with Gasteiger partial charge in [-0.05, 0) is 49.9 Å². The molecule has 0 saturated carbocycles. The van der Waals surface area contributed by atoms with Gasteiger partial charge < -0.3 is 16.8 Å². The van der Waals surface area contributed by atoms with Crippen molar-refractivity contribution in [3.63, 3.8) is 0 Å². The van der Waals surface area contributed by atoms with Crippen molar-refractivity contribution in [3.05, 3.63) is 35.9 Å². The van der Waals surface area contributed by atoms with Gasteiger partial charge in [0.2, 0.25) is 0 Å². The summed E-state index contributed by atoms with van der Waals surface area (Å²) in [5.74, 6) is 0. The minimum Gasteiger partial charge on any atom is -0.399 e. The summed E-state index contributed by atoms with van der Waals surface area (Å²) in [5, 5.41) is 3.28. The van der Waals surface area contributed by atoms with Crippen LogP contribution in [0.2, 0.25) is 0 Å². The molecule has 100 valence electrons. The second-order valence-corrected chi connectivity index (χ2v) is 4.67. The summed E-state index contributed by atoms with van der Waals surface area (Å²) in [6.45, 7) is 9.11. The number of benzene rings is 1. The zero-order valence-electron chi connectivity index (χ0n) is 11.5. The van der Waals surface area contributed by atoms with Crippen molar-refractivity contribution >= 4 is 11.4 Å². The molecule has 5 N–H and O–H groups in total. The van der Waals surface area contributed by atoms with Gasteiger partial charge in [-0.25, -0.2) is 0 Å². The van der Waals surface area contributed by atoms with Gasteiger partial charge in [-0.3, -0.25) is 0 Å². The van der Waals surface area contributed by atoms with E-state index in [9.17, 15) is 0 Å². The molecule has 1 aromatic carbocycles. The minimum atomic E-state index is 0.110. The highest BCUT2D eigenvalue weighted by atomic mass is 14.9. The van der Waals surface area contributed by atoms with Crippen molar-refractivity contribution in [2.24, 2.45) is 5.73 Å². The predicted octanol–water partition coefficient (Wildman–Crippen LogP) is 2.93. The van der Waals surface area contributed by atoms with Gasteiger partial charge in [0.1, 0.15) is 0 Å². The van der Waals surface area contributed by atoms with Crippen molar-refractivity contribution in [2.45, 2.75) is 39.2 Å². The molecule has 0 aromatic heterocycles. The van der Waals surface area contributed by atoms with Gasteiger partial charge in [0.25, 0.3) is 0 Å². The molecule has 3 nitrogen and oxygen atoms in total. The zero-order valence-corrected chi connectivity index (χ0v) is 11.5. The summed E-state index contributed by atoms with van der Waals surface area (Å²) in [6.07, 6.45) is 2.80. The molecule has 1 aromatic rings. The van der Waals surface area contributed by atoms with E-state index in [1.54, 1.807) is 0 Å². The number of nitrogens with two attached hydrogens (primary N) is 2. The number of anilines is 2. The van der Waals surface area contributed by atoms with Gasteiger partial charge in [0, 0.05) is 24.0 Å². The summed E-state index contributed by atoms with van der Waals surface area (Å²) < 4.78 is 0. The molecule has 0 fully saturated rings. The molecule has 0 heterocycles. The molecule has 1 rings (SSSR count). The third-order valence-corrected chi connectivity index (χ3v) is 3.10. The number of nitrogen functional groups attached to an aromatic ring is 1. The fourth-order valence-corrected chi connectivity index (χ4v) is 1.95. The Labute approximate surface area is 110 Å². The second kappa shape index (κ2) is 7.07. The molecule has 0 spiro atoms. The molecular formula is C15H25N3. The quantitative estimate of drug-likeness (QED) is 0.513. The van der Waals surface area contributed by atoms with Gasteiger partial charge in [-0.2, -0.15) is 0 Å². The highest BCUT2D eigenvalue weighted by Gasteiger charge is 2.05. The highest BCUT2D eigenvalue weighted by molar-refractivity contribution is 5.57. The van der Waals surface area contributed by atoms with Crippen molar-refractivity contribution in [1.82, 2.24) is 0 Å². The Hall–Kier alpha value is -1.48. The SMILES string of the molecule is C=C(CCc1cc(N)cc(NCC)c1)C(N)CC. The summed E-state index contributed by atoms with van der Waals surface area (Å²) in [7, 11) is 0. The van der Waals surface area contributed by atoms with E-state index in [-0.39, 0.29) is 6.04 Å². The van der Waals surface area contributed by atoms with E-state index in [2.05, 4.69) is 31.8 Å². The minimum absolute atomic E-state index is 0.110. The average Bonchev–Trinajstić information content (AvgIpc) is 2.34. The van der Waals surface area contributed by atoms with E-state index in [0.717, 1.165) is 42.8 Å². The normalized spacial score (nSPS) is 12.2. The van der Waals surface area contributed by atoms with Crippen LogP contribution in [0.1, 0.15) is 32.3 Å². The maximum absolute atomic E-state index is 5.95. The van der Waals surface area contributed by atoms with E-state index >= 15 is 0 Å². The van der Waals surface area contributed by atoms with E-state index in [0.29, 0.717) is 0 Å². The first-order chi connectivity index (χ1) is 8.56. The van der Waals surface area contributed by atoms with Crippen molar-refractivity contribution in [2.75, 3.05) is 17.6 Å². The molecule has 3 heteroatoms. The maximum Gasteiger partial charge on any atom is 0.0363 e.